The molecular formula is C14H16BrNO. The second-order valence-electron chi connectivity index (χ2n) is 4.10. The van der Waals surface area contributed by atoms with E-state index < -0.39 is 0 Å². The Morgan fingerprint density at radius 2 is 2.18 bits per heavy atom. The second-order valence-corrected chi connectivity index (χ2v) is 4.96. The predicted octanol–water partition coefficient (Wildman–Crippen LogP) is 4.91. The summed E-state index contributed by atoms with van der Waals surface area (Å²) in [7, 11) is 0. The number of aryl methyl sites for hydroxylation is 1. The summed E-state index contributed by atoms with van der Waals surface area (Å²) in [6, 6.07) is 10.4. The van der Waals surface area contributed by atoms with Crippen molar-refractivity contribution in [2.24, 2.45) is 0 Å². The summed E-state index contributed by atoms with van der Waals surface area (Å²) in [6.07, 6.45) is 2.69. The van der Waals surface area contributed by atoms with E-state index in [9.17, 15) is 0 Å². The molecule has 2 aromatic rings. The van der Waals surface area contributed by atoms with Gasteiger partial charge in [0.25, 0.3) is 0 Å². The summed E-state index contributed by atoms with van der Waals surface area (Å²) in [4.78, 5) is 0. The van der Waals surface area contributed by atoms with Crippen LogP contribution >= 0.6 is 15.9 Å². The van der Waals surface area contributed by atoms with Gasteiger partial charge in [-0.3, -0.25) is 0 Å². The highest BCUT2D eigenvalue weighted by atomic mass is 79.9. The minimum absolute atomic E-state index is 0.212. The Morgan fingerprint density at radius 3 is 2.76 bits per heavy atom. The van der Waals surface area contributed by atoms with Crippen LogP contribution < -0.4 is 5.32 Å². The van der Waals surface area contributed by atoms with Gasteiger partial charge in [-0.15, -0.1) is 0 Å². The predicted molar refractivity (Wildman–Crippen MR) is 74.2 cm³/mol. The Balaban J connectivity index is 2.19. The van der Waals surface area contributed by atoms with Crippen LogP contribution in [0.3, 0.4) is 0 Å². The molecule has 1 N–H and O–H groups in total. The summed E-state index contributed by atoms with van der Waals surface area (Å²) in [5.74, 6) is 0.972. The van der Waals surface area contributed by atoms with Gasteiger partial charge in [-0.05, 0) is 59.1 Å². The van der Waals surface area contributed by atoms with E-state index in [1.165, 1.54) is 5.56 Å². The first-order valence-corrected chi connectivity index (χ1v) is 6.56. The van der Waals surface area contributed by atoms with E-state index >= 15 is 0 Å². The molecule has 3 heteroatoms. The minimum Gasteiger partial charge on any atom is -0.467 e. The SMILES string of the molecule is CCC(Nc1ccc(C)cc1Br)c1ccco1. The van der Waals surface area contributed by atoms with Crippen molar-refractivity contribution in [1.29, 1.82) is 0 Å². The topological polar surface area (TPSA) is 25.2 Å². The molecule has 2 nitrogen and oxygen atoms in total. The Kier molecular flexibility index (Phi) is 3.89. The first-order valence-electron chi connectivity index (χ1n) is 5.76. The Hall–Kier alpha value is -1.22. The molecular weight excluding hydrogens is 278 g/mol. The van der Waals surface area contributed by atoms with Gasteiger partial charge in [0.05, 0.1) is 12.3 Å². The zero-order chi connectivity index (χ0) is 12.3. The van der Waals surface area contributed by atoms with Crippen LogP contribution in [0, 0.1) is 6.92 Å². The molecule has 17 heavy (non-hydrogen) atoms. The van der Waals surface area contributed by atoms with Crippen molar-refractivity contribution in [2.45, 2.75) is 26.3 Å². The van der Waals surface area contributed by atoms with Crippen LogP contribution in [0.25, 0.3) is 0 Å². The standard InChI is InChI=1S/C14H16BrNO/c1-3-12(14-5-4-8-17-14)16-13-7-6-10(2)9-11(13)15/h4-9,12,16H,3H2,1-2H3. The monoisotopic (exact) mass is 293 g/mol. The lowest BCUT2D eigenvalue weighted by atomic mass is 10.1. The van der Waals surface area contributed by atoms with Crippen LogP contribution in [-0.2, 0) is 0 Å². The average Bonchev–Trinajstić information content (AvgIpc) is 2.81. The molecule has 0 saturated heterocycles. The molecule has 2 rings (SSSR count). The molecule has 1 aromatic carbocycles. The smallest absolute Gasteiger partial charge is 0.125 e. The lowest BCUT2D eigenvalue weighted by Gasteiger charge is -2.17. The number of halogens is 1. The number of rotatable bonds is 4. The highest BCUT2D eigenvalue weighted by Gasteiger charge is 2.12. The van der Waals surface area contributed by atoms with Crippen LogP contribution in [0.4, 0.5) is 5.69 Å². The first kappa shape index (κ1) is 12.2. The van der Waals surface area contributed by atoms with Crippen LogP contribution in [-0.4, -0.2) is 0 Å². The number of nitrogens with one attached hydrogen (secondary N) is 1. The fraction of sp³-hybridized carbons (Fsp3) is 0.286. The van der Waals surface area contributed by atoms with Gasteiger partial charge in [0.1, 0.15) is 5.76 Å². The fourth-order valence-electron chi connectivity index (χ4n) is 1.79. The highest BCUT2D eigenvalue weighted by Crippen LogP contribution is 2.29. The maximum Gasteiger partial charge on any atom is 0.125 e. The number of furan rings is 1. The maximum atomic E-state index is 5.44. The van der Waals surface area contributed by atoms with Crippen molar-refractivity contribution in [2.75, 3.05) is 5.32 Å². The molecule has 1 atom stereocenters. The van der Waals surface area contributed by atoms with Gasteiger partial charge >= 0.3 is 0 Å². The Morgan fingerprint density at radius 1 is 1.35 bits per heavy atom. The van der Waals surface area contributed by atoms with Gasteiger partial charge in [-0.2, -0.15) is 0 Å². The third-order valence-electron chi connectivity index (χ3n) is 2.75. The van der Waals surface area contributed by atoms with Gasteiger partial charge in [0.2, 0.25) is 0 Å². The van der Waals surface area contributed by atoms with Crippen molar-refractivity contribution < 1.29 is 4.42 Å². The van der Waals surface area contributed by atoms with Gasteiger partial charge in [-0.1, -0.05) is 13.0 Å². The van der Waals surface area contributed by atoms with Crippen molar-refractivity contribution in [3.05, 3.63) is 52.4 Å². The molecule has 1 unspecified atom stereocenters. The minimum atomic E-state index is 0.212. The van der Waals surface area contributed by atoms with E-state index in [0.717, 1.165) is 22.3 Å². The van der Waals surface area contributed by atoms with E-state index in [2.05, 4.69) is 53.3 Å². The summed E-state index contributed by atoms with van der Waals surface area (Å²) in [6.45, 7) is 4.22. The molecule has 1 heterocycles. The summed E-state index contributed by atoms with van der Waals surface area (Å²) >= 11 is 3.57. The van der Waals surface area contributed by atoms with Crippen molar-refractivity contribution in [3.8, 4) is 0 Å². The largest absolute Gasteiger partial charge is 0.467 e. The zero-order valence-corrected chi connectivity index (χ0v) is 11.6. The summed E-state index contributed by atoms with van der Waals surface area (Å²) < 4.78 is 6.53. The van der Waals surface area contributed by atoms with Crippen molar-refractivity contribution in [3.63, 3.8) is 0 Å². The molecule has 0 aliphatic carbocycles. The number of benzene rings is 1. The molecule has 0 spiro atoms. The van der Waals surface area contributed by atoms with E-state index in [1.54, 1.807) is 6.26 Å². The Bertz CT molecular complexity index is 479. The third kappa shape index (κ3) is 2.91. The number of hydrogen-bond acceptors (Lipinski definition) is 2. The van der Waals surface area contributed by atoms with Gasteiger partial charge < -0.3 is 9.73 Å². The van der Waals surface area contributed by atoms with Crippen LogP contribution in [0.5, 0.6) is 0 Å². The van der Waals surface area contributed by atoms with Gasteiger partial charge in [0, 0.05) is 10.2 Å². The molecule has 0 radical (unpaired) electrons. The van der Waals surface area contributed by atoms with Crippen molar-refractivity contribution in [1.82, 2.24) is 0 Å². The Labute approximate surface area is 110 Å². The molecule has 1 aromatic heterocycles. The van der Waals surface area contributed by atoms with E-state index in [4.69, 9.17) is 4.42 Å². The average molecular weight is 294 g/mol. The number of hydrogen-bond donors (Lipinski definition) is 1. The molecule has 0 amide bonds. The highest BCUT2D eigenvalue weighted by molar-refractivity contribution is 9.10. The molecule has 0 saturated carbocycles. The molecule has 0 fully saturated rings. The molecule has 90 valence electrons. The van der Waals surface area contributed by atoms with Gasteiger partial charge in [-0.25, -0.2) is 0 Å². The summed E-state index contributed by atoms with van der Waals surface area (Å²) in [5.41, 5.74) is 2.34. The van der Waals surface area contributed by atoms with E-state index in [0.29, 0.717) is 0 Å². The molecule has 0 aliphatic heterocycles. The van der Waals surface area contributed by atoms with Crippen molar-refractivity contribution >= 4 is 21.6 Å². The van der Waals surface area contributed by atoms with Crippen LogP contribution in [0.1, 0.15) is 30.7 Å². The van der Waals surface area contributed by atoms with E-state index in [1.807, 2.05) is 12.1 Å². The van der Waals surface area contributed by atoms with Crippen LogP contribution in [0.2, 0.25) is 0 Å². The van der Waals surface area contributed by atoms with Crippen LogP contribution in [0.15, 0.2) is 45.5 Å². The lowest BCUT2D eigenvalue weighted by molar-refractivity contribution is 0.474. The molecule has 0 bridgehead atoms. The first-order chi connectivity index (χ1) is 8.20. The quantitative estimate of drug-likeness (QED) is 0.866. The summed E-state index contributed by atoms with van der Waals surface area (Å²) in [5, 5.41) is 3.49. The van der Waals surface area contributed by atoms with Gasteiger partial charge in [0.15, 0.2) is 0 Å². The number of anilines is 1. The molecule has 0 aliphatic rings. The second kappa shape index (κ2) is 5.41. The van der Waals surface area contributed by atoms with E-state index in [-0.39, 0.29) is 6.04 Å². The normalized spacial score (nSPS) is 12.4. The fourth-order valence-corrected chi connectivity index (χ4v) is 2.40. The lowest BCUT2D eigenvalue weighted by Crippen LogP contribution is -2.09. The maximum absolute atomic E-state index is 5.44. The zero-order valence-electron chi connectivity index (χ0n) is 10.0. The third-order valence-corrected chi connectivity index (χ3v) is 3.41.